The monoisotopic (exact) mass is 462 g/mol. The van der Waals surface area contributed by atoms with Crippen LogP contribution in [0.3, 0.4) is 0 Å². The van der Waals surface area contributed by atoms with Gasteiger partial charge in [0.05, 0.1) is 16.6 Å². The molecule has 0 aliphatic heterocycles. The molecular weight excluding hydrogens is 428 g/mol. The van der Waals surface area contributed by atoms with E-state index < -0.39 is 42.3 Å². The van der Waals surface area contributed by atoms with E-state index in [1.54, 1.807) is 42.7 Å². The van der Waals surface area contributed by atoms with E-state index in [0.717, 1.165) is 0 Å². The first-order chi connectivity index (χ1) is 15.4. The van der Waals surface area contributed by atoms with Gasteiger partial charge in [-0.05, 0) is 18.2 Å². The molecule has 3 unspecified atom stereocenters. The van der Waals surface area contributed by atoms with Crippen molar-refractivity contribution >= 4 is 8.32 Å². The highest BCUT2D eigenvalue weighted by atomic mass is 28.4. The Hall–Kier alpha value is -1.62. The van der Waals surface area contributed by atoms with Crippen molar-refractivity contribution in [1.29, 1.82) is 0 Å². The van der Waals surface area contributed by atoms with Crippen LogP contribution in [0, 0.1) is 0 Å². The van der Waals surface area contributed by atoms with Crippen molar-refractivity contribution in [2.24, 2.45) is 0 Å². The molecule has 7 nitrogen and oxygen atoms in total. The Bertz CT molecular complexity index is 722. The lowest BCUT2D eigenvalue weighted by Crippen LogP contribution is -2.66. The minimum absolute atomic E-state index is 0.563. The molecule has 3 atom stereocenters. The lowest BCUT2D eigenvalue weighted by molar-refractivity contribution is -0.189. The molecule has 0 aromatic rings. The molecule has 3 aliphatic rings. The summed E-state index contributed by atoms with van der Waals surface area (Å²) in [6, 6.07) is 0. The summed E-state index contributed by atoms with van der Waals surface area (Å²) in [5, 5.41) is 0. The summed E-state index contributed by atoms with van der Waals surface area (Å²) in [4.78, 5) is 13.1. The Morgan fingerprint density at radius 2 is 0.750 bits per heavy atom. The lowest BCUT2D eigenvalue weighted by atomic mass is 10.0. The minimum atomic E-state index is -3.74. The van der Waals surface area contributed by atoms with E-state index in [4.69, 9.17) is 28.4 Å². The van der Waals surface area contributed by atoms with Crippen molar-refractivity contribution < 1.29 is 33.2 Å². The summed E-state index contributed by atoms with van der Waals surface area (Å²) in [6.45, 7) is 0. The molecule has 0 heterocycles. The molecular formula is C24H34O7Si. The van der Waals surface area contributed by atoms with Gasteiger partial charge in [0.1, 0.15) is 0 Å². The van der Waals surface area contributed by atoms with Crippen molar-refractivity contribution in [3.8, 4) is 0 Å². The Morgan fingerprint density at radius 1 is 0.500 bits per heavy atom. The molecule has 176 valence electrons. The fraction of sp³-hybridized carbons (Fsp3) is 0.500. The summed E-state index contributed by atoms with van der Waals surface area (Å²) in [5.74, 6) is -3.58. The number of hydrogen-bond donors (Lipinski definition) is 1. The second-order valence-corrected chi connectivity index (χ2v) is 11.6. The van der Waals surface area contributed by atoms with Crippen molar-refractivity contribution in [3.05, 3.63) is 72.9 Å². The Morgan fingerprint density at radius 3 is 0.969 bits per heavy atom. The molecule has 32 heavy (non-hydrogen) atoms. The Kier molecular flexibility index (Phi) is 7.58. The van der Waals surface area contributed by atoms with E-state index in [1.165, 1.54) is 0 Å². The first-order valence-corrected chi connectivity index (χ1v) is 12.7. The molecule has 0 radical (unpaired) electrons. The molecule has 0 saturated heterocycles. The molecule has 0 aromatic heterocycles. The molecule has 0 spiro atoms. The van der Waals surface area contributed by atoms with Crippen LogP contribution in [0.4, 0.5) is 0 Å². The fourth-order valence-electron chi connectivity index (χ4n) is 5.24. The molecule has 8 heteroatoms. The van der Waals surface area contributed by atoms with E-state index in [2.05, 4.69) is 0 Å². The van der Waals surface area contributed by atoms with Gasteiger partial charge in [0.2, 0.25) is 8.32 Å². The van der Waals surface area contributed by atoms with Gasteiger partial charge in [0, 0.05) is 42.7 Å². The predicted molar refractivity (Wildman–Crippen MR) is 124 cm³/mol. The molecule has 3 aliphatic carbocycles. The summed E-state index contributed by atoms with van der Waals surface area (Å²) in [6.07, 6.45) is 22.5. The van der Waals surface area contributed by atoms with Gasteiger partial charge in [-0.25, -0.2) is 0 Å². The van der Waals surface area contributed by atoms with Gasteiger partial charge in [0.25, 0.3) is 0 Å². The summed E-state index contributed by atoms with van der Waals surface area (Å²) in [7, 11) is 5.68. The van der Waals surface area contributed by atoms with Crippen LogP contribution in [0.5, 0.6) is 0 Å². The standard InChI is InChI=1S/C24H34O7Si/c1-26-22(27-2)16-10-7-13-19(22)32(25,20-14-8-11-17-23(20,28-3)29-4)21-15-9-12-18-24(21,30-5)31-6/h7-21,25H,1-6H3. The number of methoxy groups -OCH3 is 6. The first kappa shape index (κ1) is 25.0. The highest BCUT2D eigenvalue weighted by Gasteiger charge is 2.68. The van der Waals surface area contributed by atoms with E-state index in [1.807, 2.05) is 72.9 Å². The zero-order valence-corrected chi connectivity index (χ0v) is 20.6. The zero-order valence-electron chi connectivity index (χ0n) is 19.6. The van der Waals surface area contributed by atoms with Crippen molar-refractivity contribution in [1.82, 2.24) is 0 Å². The summed E-state index contributed by atoms with van der Waals surface area (Å²) in [5.41, 5.74) is -1.69. The third-order valence-corrected chi connectivity index (χ3v) is 11.7. The number of ether oxygens (including phenoxy) is 6. The van der Waals surface area contributed by atoms with Crippen LogP contribution in [-0.2, 0) is 28.4 Å². The number of rotatable bonds is 9. The summed E-state index contributed by atoms with van der Waals surface area (Å²) >= 11 is 0. The van der Waals surface area contributed by atoms with Crippen LogP contribution in [0.2, 0.25) is 16.6 Å². The quantitative estimate of drug-likeness (QED) is 0.416. The van der Waals surface area contributed by atoms with Crippen LogP contribution < -0.4 is 0 Å². The average Bonchev–Trinajstić information content (AvgIpc) is 2.87. The third-order valence-electron chi connectivity index (χ3n) is 6.94. The van der Waals surface area contributed by atoms with Gasteiger partial charge in [-0.3, -0.25) is 0 Å². The maximum absolute atomic E-state index is 13.1. The smallest absolute Gasteiger partial charge is 0.225 e. The van der Waals surface area contributed by atoms with Crippen LogP contribution in [0.1, 0.15) is 0 Å². The molecule has 0 fully saturated rings. The SMILES string of the molecule is COC1(OC)C=CC=CC1[Si](O)(C1C=CC=CC1(OC)OC)C1C=CC=CC1(OC)OC. The molecule has 1 N–H and O–H groups in total. The molecule has 3 rings (SSSR count). The highest BCUT2D eigenvalue weighted by molar-refractivity contribution is 6.79. The lowest BCUT2D eigenvalue weighted by Gasteiger charge is -2.55. The largest absolute Gasteiger partial charge is 0.429 e. The number of hydrogen-bond acceptors (Lipinski definition) is 7. The van der Waals surface area contributed by atoms with Crippen molar-refractivity contribution in [3.63, 3.8) is 0 Å². The van der Waals surface area contributed by atoms with Gasteiger partial charge in [-0.1, -0.05) is 54.7 Å². The van der Waals surface area contributed by atoms with E-state index in [9.17, 15) is 4.80 Å². The second kappa shape index (κ2) is 9.70. The van der Waals surface area contributed by atoms with Crippen molar-refractivity contribution in [2.75, 3.05) is 42.7 Å². The van der Waals surface area contributed by atoms with Gasteiger partial charge >= 0.3 is 0 Å². The van der Waals surface area contributed by atoms with Gasteiger partial charge in [-0.15, -0.1) is 0 Å². The van der Waals surface area contributed by atoms with E-state index in [-0.39, 0.29) is 0 Å². The summed E-state index contributed by atoms with van der Waals surface area (Å²) < 4.78 is 35.4. The Labute approximate surface area is 191 Å². The van der Waals surface area contributed by atoms with Crippen LogP contribution in [-0.4, -0.2) is 73.1 Å². The minimum Gasteiger partial charge on any atom is -0.429 e. The fourth-order valence-corrected chi connectivity index (χ4v) is 10.6. The van der Waals surface area contributed by atoms with E-state index in [0.29, 0.717) is 0 Å². The van der Waals surface area contributed by atoms with Gasteiger partial charge in [0.15, 0.2) is 17.4 Å². The van der Waals surface area contributed by atoms with Crippen LogP contribution >= 0.6 is 0 Å². The average molecular weight is 463 g/mol. The maximum atomic E-state index is 13.1. The van der Waals surface area contributed by atoms with Crippen LogP contribution in [0.25, 0.3) is 0 Å². The number of allylic oxidation sites excluding steroid dienone is 6. The first-order valence-electron chi connectivity index (χ1n) is 10.5. The molecule has 0 aromatic carbocycles. The van der Waals surface area contributed by atoms with Gasteiger partial charge < -0.3 is 33.2 Å². The molecule has 0 amide bonds. The third kappa shape index (κ3) is 3.65. The van der Waals surface area contributed by atoms with Gasteiger partial charge in [-0.2, -0.15) is 0 Å². The second-order valence-electron chi connectivity index (χ2n) is 7.94. The molecule has 0 bridgehead atoms. The maximum Gasteiger partial charge on any atom is 0.225 e. The predicted octanol–water partition coefficient (Wildman–Crippen LogP) is 3.38. The Balaban J connectivity index is 2.32. The highest BCUT2D eigenvalue weighted by Crippen LogP contribution is 2.58. The van der Waals surface area contributed by atoms with Crippen molar-refractivity contribution in [2.45, 2.75) is 34.0 Å². The van der Waals surface area contributed by atoms with Crippen LogP contribution in [0.15, 0.2) is 72.9 Å². The zero-order chi connectivity index (χ0) is 23.5. The normalized spacial score (nSPS) is 31.0. The molecule has 0 saturated carbocycles. The van der Waals surface area contributed by atoms with E-state index >= 15 is 0 Å². The topological polar surface area (TPSA) is 75.6 Å².